The van der Waals surface area contributed by atoms with Crippen LogP contribution in [0.2, 0.25) is 0 Å². The number of aliphatic carboxylic acids is 1. The zero-order chi connectivity index (χ0) is 16.7. The van der Waals surface area contributed by atoms with Gasteiger partial charge in [0.15, 0.2) is 0 Å². The van der Waals surface area contributed by atoms with Crippen LogP contribution in [0.5, 0.6) is 5.75 Å². The van der Waals surface area contributed by atoms with E-state index in [1.807, 2.05) is 12.1 Å². The first-order chi connectivity index (χ1) is 11.6. The Hall–Kier alpha value is -2.04. The molecule has 0 aromatic heterocycles. The van der Waals surface area contributed by atoms with Crippen molar-refractivity contribution in [3.8, 4) is 5.75 Å². The largest absolute Gasteiger partial charge is 0.493 e. The molecule has 5 nitrogen and oxygen atoms in total. The van der Waals surface area contributed by atoms with Gasteiger partial charge in [-0.3, -0.25) is 9.59 Å². The number of amides is 1. The Morgan fingerprint density at radius 1 is 1.33 bits per heavy atom. The van der Waals surface area contributed by atoms with Crippen LogP contribution in [0.1, 0.15) is 36.8 Å². The average Bonchev–Trinajstić information content (AvgIpc) is 3.19. The Kier molecular flexibility index (Phi) is 3.74. The van der Waals surface area contributed by atoms with E-state index in [0.29, 0.717) is 32.5 Å². The average molecular weight is 329 g/mol. The van der Waals surface area contributed by atoms with Gasteiger partial charge in [0.2, 0.25) is 5.91 Å². The second-order valence-corrected chi connectivity index (χ2v) is 7.40. The van der Waals surface area contributed by atoms with E-state index in [4.69, 9.17) is 4.74 Å². The summed E-state index contributed by atoms with van der Waals surface area (Å²) in [4.78, 5) is 26.4. The molecule has 1 saturated heterocycles. The van der Waals surface area contributed by atoms with Crippen LogP contribution >= 0.6 is 0 Å². The number of carboxylic acids is 1. The van der Waals surface area contributed by atoms with Crippen molar-refractivity contribution in [3.05, 3.63) is 29.3 Å². The maximum atomic E-state index is 12.7. The fourth-order valence-electron chi connectivity index (χ4n) is 4.63. The van der Waals surface area contributed by atoms with Gasteiger partial charge in [0.1, 0.15) is 5.75 Å². The lowest BCUT2D eigenvalue weighted by atomic mass is 9.68. The van der Waals surface area contributed by atoms with Crippen LogP contribution in [0.3, 0.4) is 0 Å². The third-order valence-electron chi connectivity index (χ3n) is 6.01. The molecular formula is C19H23NO4. The van der Waals surface area contributed by atoms with E-state index in [-0.39, 0.29) is 11.8 Å². The smallest absolute Gasteiger partial charge is 0.311 e. The van der Waals surface area contributed by atoms with Crippen molar-refractivity contribution in [2.24, 2.45) is 11.3 Å². The third kappa shape index (κ3) is 2.46. The summed E-state index contributed by atoms with van der Waals surface area (Å²) in [6.07, 6.45) is 4.89. The van der Waals surface area contributed by atoms with Crippen molar-refractivity contribution in [1.29, 1.82) is 0 Å². The molecule has 2 aliphatic heterocycles. The van der Waals surface area contributed by atoms with Gasteiger partial charge in [0.05, 0.1) is 18.4 Å². The quantitative estimate of drug-likeness (QED) is 0.924. The van der Waals surface area contributed by atoms with Crippen LogP contribution in [0.25, 0.3) is 0 Å². The monoisotopic (exact) mass is 329 g/mol. The van der Waals surface area contributed by atoms with Crippen molar-refractivity contribution in [2.75, 3.05) is 19.7 Å². The topological polar surface area (TPSA) is 66.8 Å². The second-order valence-electron chi connectivity index (χ2n) is 7.40. The number of carboxylic acid groups (broad SMARTS) is 1. The Morgan fingerprint density at radius 3 is 3.00 bits per heavy atom. The molecule has 1 aromatic rings. The summed E-state index contributed by atoms with van der Waals surface area (Å²) in [6, 6.07) is 5.93. The van der Waals surface area contributed by atoms with Gasteiger partial charge in [-0.1, -0.05) is 25.0 Å². The standard InChI is InChI=1S/C19H23NO4/c21-17(10-13-4-5-16-14(9-13)6-8-24-16)20-11-15-3-1-2-7-19(15,12-20)18(22)23/h4-5,9,15H,1-3,6-8,10-12H2,(H,22,23)/t15-,19-/m1/s1. The van der Waals surface area contributed by atoms with E-state index >= 15 is 0 Å². The lowest BCUT2D eigenvalue weighted by Crippen LogP contribution is -2.41. The van der Waals surface area contributed by atoms with Gasteiger partial charge in [-0.25, -0.2) is 0 Å². The van der Waals surface area contributed by atoms with Gasteiger partial charge in [-0.15, -0.1) is 0 Å². The first kappa shape index (κ1) is 15.5. The van der Waals surface area contributed by atoms with Crippen LogP contribution in [0.4, 0.5) is 0 Å². The number of carbonyl (C=O) groups excluding carboxylic acids is 1. The molecule has 0 unspecified atom stereocenters. The lowest BCUT2D eigenvalue weighted by molar-refractivity contribution is -0.152. The molecule has 1 amide bonds. The molecule has 4 rings (SSSR count). The Labute approximate surface area is 141 Å². The first-order valence-corrected chi connectivity index (χ1v) is 8.84. The number of benzene rings is 1. The summed E-state index contributed by atoms with van der Waals surface area (Å²) in [5, 5.41) is 9.74. The first-order valence-electron chi connectivity index (χ1n) is 8.84. The Morgan fingerprint density at radius 2 is 2.21 bits per heavy atom. The van der Waals surface area contributed by atoms with Gasteiger partial charge in [0.25, 0.3) is 0 Å². The van der Waals surface area contributed by atoms with Gasteiger partial charge in [0, 0.05) is 19.5 Å². The number of hydrogen-bond donors (Lipinski definition) is 1. The highest BCUT2D eigenvalue weighted by Crippen LogP contribution is 2.47. The van der Waals surface area contributed by atoms with E-state index in [9.17, 15) is 14.7 Å². The molecule has 128 valence electrons. The molecule has 1 N–H and O–H groups in total. The fraction of sp³-hybridized carbons (Fsp3) is 0.579. The fourth-order valence-corrected chi connectivity index (χ4v) is 4.63. The summed E-state index contributed by atoms with van der Waals surface area (Å²) in [5.41, 5.74) is 1.44. The van der Waals surface area contributed by atoms with Gasteiger partial charge < -0.3 is 14.7 Å². The van der Waals surface area contributed by atoms with E-state index in [0.717, 1.165) is 42.6 Å². The van der Waals surface area contributed by atoms with Crippen molar-refractivity contribution in [3.63, 3.8) is 0 Å². The predicted molar refractivity (Wildman–Crippen MR) is 88.0 cm³/mol. The highest BCUT2D eigenvalue weighted by atomic mass is 16.5. The number of hydrogen-bond acceptors (Lipinski definition) is 3. The van der Waals surface area contributed by atoms with E-state index < -0.39 is 11.4 Å². The Balaban J connectivity index is 1.48. The summed E-state index contributed by atoms with van der Waals surface area (Å²) < 4.78 is 5.50. The van der Waals surface area contributed by atoms with E-state index in [1.165, 1.54) is 0 Å². The van der Waals surface area contributed by atoms with Crippen LogP contribution < -0.4 is 4.74 Å². The number of rotatable bonds is 3. The molecule has 24 heavy (non-hydrogen) atoms. The van der Waals surface area contributed by atoms with Gasteiger partial charge >= 0.3 is 5.97 Å². The highest BCUT2D eigenvalue weighted by Gasteiger charge is 2.53. The summed E-state index contributed by atoms with van der Waals surface area (Å²) in [5.74, 6) is 0.352. The second kappa shape index (κ2) is 5.80. The zero-order valence-corrected chi connectivity index (χ0v) is 13.8. The van der Waals surface area contributed by atoms with Gasteiger partial charge in [-0.05, 0) is 36.0 Å². The van der Waals surface area contributed by atoms with E-state index in [1.54, 1.807) is 4.90 Å². The summed E-state index contributed by atoms with van der Waals surface area (Å²) in [6.45, 7) is 1.68. The Bertz CT molecular complexity index is 686. The maximum Gasteiger partial charge on any atom is 0.311 e. The molecule has 2 heterocycles. The molecule has 1 aliphatic carbocycles. The number of fused-ring (bicyclic) bond motifs is 2. The molecular weight excluding hydrogens is 306 g/mol. The highest BCUT2D eigenvalue weighted by molar-refractivity contribution is 5.82. The van der Waals surface area contributed by atoms with Crippen LogP contribution in [-0.2, 0) is 22.4 Å². The molecule has 5 heteroatoms. The molecule has 0 spiro atoms. The molecule has 3 aliphatic rings. The van der Waals surface area contributed by atoms with Crippen molar-refractivity contribution >= 4 is 11.9 Å². The van der Waals surface area contributed by atoms with Crippen LogP contribution in [-0.4, -0.2) is 41.6 Å². The SMILES string of the molecule is O=C(Cc1ccc2c(c1)CCO2)N1C[C@H]2CCCC[C@@]2(C(=O)O)C1. The summed E-state index contributed by atoms with van der Waals surface area (Å²) >= 11 is 0. The van der Waals surface area contributed by atoms with Crippen LogP contribution in [0, 0.1) is 11.3 Å². The zero-order valence-electron chi connectivity index (χ0n) is 13.8. The van der Waals surface area contributed by atoms with Crippen molar-refractivity contribution in [1.82, 2.24) is 4.90 Å². The van der Waals surface area contributed by atoms with Crippen molar-refractivity contribution < 1.29 is 19.4 Å². The predicted octanol–water partition coefficient (Wildman–Crippen LogP) is 2.27. The molecule has 2 fully saturated rings. The normalized spacial score (nSPS) is 28.2. The lowest BCUT2D eigenvalue weighted by Gasteiger charge is -2.34. The minimum atomic E-state index is -0.725. The molecule has 0 bridgehead atoms. The van der Waals surface area contributed by atoms with Crippen molar-refractivity contribution in [2.45, 2.75) is 38.5 Å². The number of likely N-dealkylation sites (tertiary alicyclic amines) is 1. The molecule has 1 aromatic carbocycles. The minimum absolute atomic E-state index is 0.0453. The minimum Gasteiger partial charge on any atom is -0.493 e. The van der Waals surface area contributed by atoms with E-state index in [2.05, 4.69) is 6.07 Å². The number of nitrogens with zero attached hydrogens (tertiary/aromatic N) is 1. The number of carbonyl (C=O) groups is 2. The molecule has 0 radical (unpaired) electrons. The molecule has 2 atom stereocenters. The third-order valence-corrected chi connectivity index (χ3v) is 6.01. The molecule has 1 saturated carbocycles. The maximum absolute atomic E-state index is 12.7. The number of ether oxygens (including phenoxy) is 1. The summed E-state index contributed by atoms with van der Waals surface area (Å²) in [7, 11) is 0. The van der Waals surface area contributed by atoms with Gasteiger partial charge in [-0.2, -0.15) is 0 Å². The van der Waals surface area contributed by atoms with Crippen LogP contribution in [0.15, 0.2) is 18.2 Å².